The lowest BCUT2D eigenvalue weighted by Crippen LogP contribution is -2.46. The van der Waals surface area contributed by atoms with Crippen molar-refractivity contribution in [3.63, 3.8) is 0 Å². The van der Waals surface area contributed by atoms with Crippen LogP contribution in [0.1, 0.15) is 0 Å². The summed E-state index contributed by atoms with van der Waals surface area (Å²) < 4.78 is 0. The van der Waals surface area contributed by atoms with E-state index in [0.717, 1.165) is 26.2 Å². The molecule has 1 aliphatic rings. The number of hydrogen-bond donors (Lipinski definition) is 0. The number of nitriles is 1. The van der Waals surface area contributed by atoms with Gasteiger partial charge in [0.1, 0.15) is 0 Å². The number of halogens is 1. The molecule has 0 aliphatic carbocycles. The van der Waals surface area contributed by atoms with Crippen LogP contribution in [0.15, 0.2) is 30.3 Å². The Morgan fingerprint density at radius 2 is 1.69 bits per heavy atom. The van der Waals surface area contributed by atoms with Gasteiger partial charge in [0.15, 0.2) is 0 Å². The minimum Gasteiger partial charge on any atom is -0.369 e. The number of nitrogens with zero attached hydrogens (tertiary/aromatic N) is 3. The summed E-state index contributed by atoms with van der Waals surface area (Å²) in [5, 5.41) is 8.60. The third-order valence-corrected chi connectivity index (χ3v) is 2.79. The average molecular weight is 282 g/mol. The van der Waals surface area contributed by atoms with E-state index in [4.69, 9.17) is 5.26 Å². The van der Waals surface area contributed by atoms with Gasteiger partial charge in [0.25, 0.3) is 0 Å². The molecule has 16 heavy (non-hydrogen) atoms. The number of anilines is 1. The third kappa shape index (κ3) is 3.22. The molecule has 86 valence electrons. The smallest absolute Gasteiger partial charge is 0.0867 e. The Balaban J connectivity index is 0.00000128. The van der Waals surface area contributed by atoms with Crippen LogP contribution in [0.2, 0.25) is 0 Å². The van der Waals surface area contributed by atoms with E-state index in [1.54, 1.807) is 0 Å². The maximum absolute atomic E-state index is 8.60. The van der Waals surface area contributed by atoms with Gasteiger partial charge in [-0.05, 0) is 12.1 Å². The van der Waals surface area contributed by atoms with E-state index in [2.05, 4.69) is 40.1 Å². The molecular formula is C12H16BrN3. The third-order valence-electron chi connectivity index (χ3n) is 2.79. The van der Waals surface area contributed by atoms with E-state index < -0.39 is 0 Å². The van der Waals surface area contributed by atoms with E-state index in [1.807, 2.05) is 6.07 Å². The lowest BCUT2D eigenvalue weighted by atomic mass is 10.2. The van der Waals surface area contributed by atoms with Crippen LogP contribution in [-0.4, -0.2) is 37.6 Å². The van der Waals surface area contributed by atoms with Crippen molar-refractivity contribution in [1.82, 2.24) is 4.90 Å². The molecule has 0 bridgehead atoms. The average Bonchev–Trinajstić information content (AvgIpc) is 2.32. The first kappa shape index (κ1) is 13.0. The van der Waals surface area contributed by atoms with Crippen LogP contribution in [0, 0.1) is 11.3 Å². The molecule has 0 radical (unpaired) electrons. The fourth-order valence-electron chi connectivity index (χ4n) is 1.90. The largest absolute Gasteiger partial charge is 0.369 e. The summed E-state index contributed by atoms with van der Waals surface area (Å²) in [5.74, 6) is 0. The summed E-state index contributed by atoms with van der Waals surface area (Å²) in [6.07, 6.45) is 0. The molecule has 0 N–H and O–H groups in total. The quantitative estimate of drug-likeness (QED) is 0.776. The zero-order valence-corrected chi connectivity index (χ0v) is 10.9. The normalized spacial score (nSPS) is 16.3. The van der Waals surface area contributed by atoms with Crippen molar-refractivity contribution in [2.75, 3.05) is 37.6 Å². The number of benzene rings is 1. The number of hydrogen-bond acceptors (Lipinski definition) is 3. The molecule has 1 heterocycles. The summed E-state index contributed by atoms with van der Waals surface area (Å²) >= 11 is 0. The van der Waals surface area contributed by atoms with Crippen LogP contribution in [0.4, 0.5) is 5.69 Å². The minimum absolute atomic E-state index is 0. The van der Waals surface area contributed by atoms with E-state index in [1.165, 1.54) is 5.69 Å². The minimum atomic E-state index is 0. The van der Waals surface area contributed by atoms with Crippen molar-refractivity contribution in [1.29, 1.82) is 5.26 Å². The molecule has 0 saturated carbocycles. The van der Waals surface area contributed by atoms with Crippen molar-refractivity contribution in [3.8, 4) is 6.07 Å². The standard InChI is InChI=1S/C12H15N3.BrH/c13-6-7-14-8-10-15(11-9-14)12-4-2-1-3-5-12;/h1-5H,7-11H2;1H. The van der Waals surface area contributed by atoms with Gasteiger partial charge in [0, 0.05) is 31.9 Å². The second-order valence-electron chi connectivity index (χ2n) is 3.76. The molecule has 1 fully saturated rings. The molecule has 0 atom stereocenters. The van der Waals surface area contributed by atoms with Crippen LogP contribution >= 0.6 is 17.0 Å². The highest BCUT2D eigenvalue weighted by molar-refractivity contribution is 8.93. The van der Waals surface area contributed by atoms with Gasteiger partial charge in [-0.1, -0.05) is 18.2 Å². The van der Waals surface area contributed by atoms with Crippen molar-refractivity contribution < 1.29 is 0 Å². The van der Waals surface area contributed by atoms with E-state index in [0.29, 0.717) is 6.54 Å². The summed E-state index contributed by atoms with van der Waals surface area (Å²) in [6, 6.07) is 12.6. The van der Waals surface area contributed by atoms with Crippen LogP contribution in [-0.2, 0) is 0 Å². The molecule has 1 aromatic rings. The van der Waals surface area contributed by atoms with Gasteiger partial charge in [-0.2, -0.15) is 5.26 Å². The lowest BCUT2D eigenvalue weighted by molar-refractivity contribution is 0.287. The van der Waals surface area contributed by atoms with Crippen LogP contribution in [0.3, 0.4) is 0 Å². The topological polar surface area (TPSA) is 30.3 Å². The molecule has 1 saturated heterocycles. The van der Waals surface area contributed by atoms with Crippen LogP contribution in [0.25, 0.3) is 0 Å². The van der Waals surface area contributed by atoms with E-state index >= 15 is 0 Å². The summed E-state index contributed by atoms with van der Waals surface area (Å²) in [7, 11) is 0. The van der Waals surface area contributed by atoms with Crippen LogP contribution < -0.4 is 4.90 Å². The van der Waals surface area contributed by atoms with Crippen molar-refractivity contribution in [3.05, 3.63) is 30.3 Å². The Kier molecular flexibility index (Phi) is 5.30. The molecule has 1 aliphatic heterocycles. The number of rotatable bonds is 2. The predicted octanol–water partition coefficient (Wildman–Crippen LogP) is 1.91. The van der Waals surface area contributed by atoms with Crippen molar-refractivity contribution in [2.45, 2.75) is 0 Å². The second-order valence-corrected chi connectivity index (χ2v) is 3.76. The lowest BCUT2D eigenvalue weighted by Gasteiger charge is -2.34. The molecule has 2 rings (SSSR count). The second kappa shape index (κ2) is 6.51. The highest BCUT2D eigenvalue weighted by Gasteiger charge is 2.15. The molecule has 0 unspecified atom stereocenters. The first-order chi connectivity index (χ1) is 7.40. The van der Waals surface area contributed by atoms with Gasteiger partial charge >= 0.3 is 0 Å². The van der Waals surface area contributed by atoms with Gasteiger partial charge in [-0.3, -0.25) is 4.90 Å². The fourth-order valence-corrected chi connectivity index (χ4v) is 1.90. The number of piperazine rings is 1. The van der Waals surface area contributed by atoms with E-state index in [9.17, 15) is 0 Å². The van der Waals surface area contributed by atoms with Gasteiger partial charge in [-0.15, -0.1) is 17.0 Å². The Hall–Kier alpha value is -1.05. The Morgan fingerprint density at radius 3 is 2.25 bits per heavy atom. The van der Waals surface area contributed by atoms with Gasteiger partial charge in [0.2, 0.25) is 0 Å². The van der Waals surface area contributed by atoms with E-state index in [-0.39, 0.29) is 17.0 Å². The number of para-hydroxylation sites is 1. The Labute approximate surface area is 107 Å². The highest BCUT2D eigenvalue weighted by atomic mass is 79.9. The monoisotopic (exact) mass is 281 g/mol. The van der Waals surface area contributed by atoms with Gasteiger partial charge in [-0.25, -0.2) is 0 Å². The maximum Gasteiger partial charge on any atom is 0.0867 e. The zero-order chi connectivity index (χ0) is 10.5. The van der Waals surface area contributed by atoms with Crippen molar-refractivity contribution in [2.24, 2.45) is 0 Å². The summed E-state index contributed by atoms with van der Waals surface area (Å²) in [5.41, 5.74) is 1.29. The maximum atomic E-state index is 8.60. The highest BCUT2D eigenvalue weighted by Crippen LogP contribution is 2.14. The molecular weight excluding hydrogens is 266 g/mol. The molecule has 4 heteroatoms. The predicted molar refractivity (Wildman–Crippen MR) is 71.0 cm³/mol. The molecule has 0 spiro atoms. The summed E-state index contributed by atoms with van der Waals surface area (Å²) in [6.45, 7) is 4.57. The van der Waals surface area contributed by atoms with Gasteiger partial charge < -0.3 is 4.90 Å². The first-order valence-electron chi connectivity index (χ1n) is 5.29. The Bertz CT molecular complexity index is 339. The molecule has 3 nitrogen and oxygen atoms in total. The first-order valence-corrected chi connectivity index (χ1v) is 5.29. The summed E-state index contributed by atoms with van der Waals surface area (Å²) in [4.78, 5) is 4.56. The molecule has 0 amide bonds. The van der Waals surface area contributed by atoms with Gasteiger partial charge in [0.05, 0.1) is 12.6 Å². The molecule has 1 aromatic carbocycles. The molecule has 0 aromatic heterocycles. The zero-order valence-electron chi connectivity index (χ0n) is 9.17. The van der Waals surface area contributed by atoms with Crippen molar-refractivity contribution >= 4 is 22.7 Å². The fraction of sp³-hybridized carbons (Fsp3) is 0.417. The SMILES string of the molecule is Br.N#CCN1CCN(c2ccccc2)CC1. The Morgan fingerprint density at radius 1 is 1.06 bits per heavy atom. The van der Waals surface area contributed by atoms with Crippen LogP contribution in [0.5, 0.6) is 0 Å².